The van der Waals surface area contributed by atoms with E-state index in [0.717, 1.165) is 11.3 Å². The van der Waals surface area contributed by atoms with E-state index in [-0.39, 0.29) is 31.0 Å². The van der Waals surface area contributed by atoms with Crippen LogP contribution < -0.4 is 4.90 Å². The SMILES string of the molecule is CCCCN1C(=O)C(=O)N(CC(=O)N2CCN(c3ccc(C(C)=O)cc3F)CC2)C1=O. The van der Waals surface area contributed by atoms with E-state index in [0.29, 0.717) is 30.1 Å². The summed E-state index contributed by atoms with van der Waals surface area (Å²) < 4.78 is 14.4. The monoisotopic (exact) mass is 432 g/mol. The predicted molar refractivity (Wildman–Crippen MR) is 109 cm³/mol. The van der Waals surface area contributed by atoms with E-state index in [1.54, 1.807) is 17.0 Å². The summed E-state index contributed by atoms with van der Waals surface area (Å²) in [7, 11) is 0. The predicted octanol–water partition coefficient (Wildman–Crippen LogP) is 1.27. The lowest BCUT2D eigenvalue weighted by atomic mass is 10.1. The molecule has 2 aliphatic heterocycles. The number of rotatable bonds is 7. The number of nitrogens with zero attached hydrogens (tertiary/aromatic N) is 4. The largest absolute Gasteiger partial charge is 0.366 e. The lowest BCUT2D eigenvalue weighted by molar-refractivity contribution is -0.145. The molecule has 0 spiro atoms. The van der Waals surface area contributed by atoms with Gasteiger partial charge in [0, 0.05) is 38.3 Å². The van der Waals surface area contributed by atoms with Gasteiger partial charge in [0.05, 0.1) is 5.69 Å². The van der Waals surface area contributed by atoms with E-state index in [2.05, 4.69) is 0 Å². The number of anilines is 1. The number of ketones is 1. The molecule has 31 heavy (non-hydrogen) atoms. The van der Waals surface area contributed by atoms with Crippen LogP contribution in [0.25, 0.3) is 0 Å². The summed E-state index contributed by atoms with van der Waals surface area (Å²) in [4.78, 5) is 65.3. The van der Waals surface area contributed by atoms with Crippen LogP contribution in [0.1, 0.15) is 37.0 Å². The number of hydrogen-bond acceptors (Lipinski definition) is 6. The Balaban J connectivity index is 1.58. The molecule has 2 saturated heterocycles. The molecule has 0 aromatic heterocycles. The fourth-order valence-corrected chi connectivity index (χ4v) is 3.62. The summed E-state index contributed by atoms with van der Waals surface area (Å²) in [5.74, 6) is -3.06. The number of carbonyl (C=O) groups is 5. The maximum Gasteiger partial charge on any atom is 0.334 e. The molecule has 3 rings (SSSR count). The summed E-state index contributed by atoms with van der Waals surface area (Å²) in [6.45, 7) is 4.18. The maximum absolute atomic E-state index is 14.4. The summed E-state index contributed by atoms with van der Waals surface area (Å²) in [5.41, 5.74) is 0.636. The van der Waals surface area contributed by atoms with Gasteiger partial charge in [0.2, 0.25) is 5.91 Å². The minimum Gasteiger partial charge on any atom is -0.366 e. The molecule has 0 atom stereocenters. The van der Waals surface area contributed by atoms with Gasteiger partial charge in [-0.1, -0.05) is 13.3 Å². The summed E-state index contributed by atoms with van der Waals surface area (Å²) in [6.07, 6.45) is 1.34. The molecule has 0 N–H and O–H groups in total. The number of benzene rings is 1. The zero-order chi connectivity index (χ0) is 22.7. The molecular formula is C21H25FN4O5. The van der Waals surface area contributed by atoms with Gasteiger partial charge in [-0.15, -0.1) is 0 Å². The quantitative estimate of drug-likeness (QED) is 0.366. The third-order valence-electron chi connectivity index (χ3n) is 5.49. The maximum atomic E-state index is 14.4. The van der Waals surface area contributed by atoms with Gasteiger partial charge in [-0.2, -0.15) is 0 Å². The minimum atomic E-state index is -0.985. The number of carbonyl (C=O) groups excluding carboxylic acids is 5. The number of imide groups is 2. The number of unbranched alkanes of at least 4 members (excludes halogenated alkanes) is 1. The van der Waals surface area contributed by atoms with Crippen LogP contribution in [0, 0.1) is 5.82 Å². The normalized spacial score (nSPS) is 17.1. The van der Waals surface area contributed by atoms with Gasteiger partial charge in [0.15, 0.2) is 5.78 Å². The van der Waals surface area contributed by atoms with Crippen molar-refractivity contribution >= 4 is 35.2 Å². The summed E-state index contributed by atoms with van der Waals surface area (Å²) in [6, 6.07) is 3.54. The van der Waals surface area contributed by atoms with Crippen molar-refractivity contribution in [2.75, 3.05) is 44.2 Å². The fraction of sp³-hybridized carbons (Fsp3) is 0.476. The van der Waals surface area contributed by atoms with Gasteiger partial charge >= 0.3 is 17.8 Å². The summed E-state index contributed by atoms with van der Waals surface area (Å²) in [5, 5.41) is 0. The minimum absolute atomic E-state index is 0.150. The Bertz CT molecular complexity index is 926. The molecule has 2 fully saturated rings. The Labute approximate surface area is 179 Å². The molecule has 1 aromatic carbocycles. The van der Waals surface area contributed by atoms with Crippen LogP contribution in [-0.2, 0) is 14.4 Å². The lowest BCUT2D eigenvalue weighted by Crippen LogP contribution is -2.52. The molecule has 5 amide bonds. The second-order valence-electron chi connectivity index (χ2n) is 7.57. The average molecular weight is 432 g/mol. The van der Waals surface area contributed by atoms with Crippen molar-refractivity contribution in [1.82, 2.24) is 14.7 Å². The van der Waals surface area contributed by atoms with E-state index in [1.807, 2.05) is 6.92 Å². The molecule has 2 aliphatic rings. The number of piperazine rings is 1. The zero-order valence-electron chi connectivity index (χ0n) is 17.6. The lowest BCUT2D eigenvalue weighted by Gasteiger charge is -2.36. The number of hydrogen-bond donors (Lipinski definition) is 0. The van der Waals surface area contributed by atoms with Crippen molar-refractivity contribution in [3.63, 3.8) is 0 Å². The van der Waals surface area contributed by atoms with Crippen molar-refractivity contribution in [3.8, 4) is 0 Å². The molecule has 0 aliphatic carbocycles. The highest BCUT2D eigenvalue weighted by Crippen LogP contribution is 2.22. The number of halogens is 1. The Morgan fingerprint density at radius 2 is 1.65 bits per heavy atom. The van der Waals surface area contributed by atoms with Crippen LogP contribution in [0.15, 0.2) is 18.2 Å². The zero-order valence-corrected chi connectivity index (χ0v) is 17.6. The molecule has 1 aromatic rings. The highest BCUT2D eigenvalue weighted by atomic mass is 19.1. The highest BCUT2D eigenvalue weighted by molar-refractivity contribution is 6.45. The van der Waals surface area contributed by atoms with E-state index in [4.69, 9.17) is 0 Å². The van der Waals surface area contributed by atoms with Crippen molar-refractivity contribution in [3.05, 3.63) is 29.6 Å². The number of Topliss-reactive ketones (excluding diaryl/α,β-unsaturated/α-hetero) is 1. The van der Waals surface area contributed by atoms with Gasteiger partial charge < -0.3 is 9.80 Å². The third-order valence-corrected chi connectivity index (χ3v) is 5.49. The van der Waals surface area contributed by atoms with E-state index < -0.39 is 36.1 Å². The molecule has 9 nitrogen and oxygen atoms in total. The number of urea groups is 1. The molecule has 0 bridgehead atoms. The van der Waals surface area contributed by atoms with Gasteiger partial charge in [-0.3, -0.25) is 24.1 Å². The van der Waals surface area contributed by atoms with Crippen LogP contribution in [0.2, 0.25) is 0 Å². The Kier molecular flexibility index (Phi) is 6.67. The second kappa shape index (κ2) is 9.23. The Hall–Kier alpha value is -3.30. The van der Waals surface area contributed by atoms with Gasteiger partial charge in [0.25, 0.3) is 0 Å². The number of amides is 5. The molecular weight excluding hydrogens is 407 g/mol. The first-order chi connectivity index (χ1) is 14.7. The van der Waals surface area contributed by atoms with Crippen molar-refractivity contribution in [2.24, 2.45) is 0 Å². The van der Waals surface area contributed by atoms with E-state index >= 15 is 0 Å². The third kappa shape index (κ3) is 4.57. The summed E-state index contributed by atoms with van der Waals surface area (Å²) >= 11 is 0. The van der Waals surface area contributed by atoms with Crippen LogP contribution in [0.4, 0.5) is 14.9 Å². The van der Waals surface area contributed by atoms with Crippen molar-refractivity contribution in [1.29, 1.82) is 0 Å². The topological polar surface area (TPSA) is 98.3 Å². The first-order valence-corrected chi connectivity index (χ1v) is 10.2. The molecule has 2 heterocycles. The van der Waals surface area contributed by atoms with Crippen LogP contribution in [-0.4, -0.2) is 83.5 Å². The Morgan fingerprint density at radius 1 is 1.00 bits per heavy atom. The molecule has 0 unspecified atom stereocenters. The molecule has 166 valence electrons. The smallest absolute Gasteiger partial charge is 0.334 e. The first kappa shape index (κ1) is 22.4. The molecule has 0 saturated carbocycles. The van der Waals surface area contributed by atoms with Crippen LogP contribution in [0.3, 0.4) is 0 Å². The standard InChI is InChI=1S/C21H25FN4O5/c1-3-4-7-25-19(29)20(30)26(21(25)31)13-18(28)24-10-8-23(9-11-24)17-6-5-15(14(2)27)12-16(17)22/h5-6,12H,3-4,7-11,13H2,1-2H3. The van der Waals surface area contributed by atoms with Crippen LogP contribution in [0.5, 0.6) is 0 Å². The van der Waals surface area contributed by atoms with Crippen molar-refractivity contribution in [2.45, 2.75) is 26.7 Å². The Morgan fingerprint density at radius 3 is 2.23 bits per heavy atom. The molecule has 0 radical (unpaired) electrons. The van der Waals surface area contributed by atoms with Gasteiger partial charge in [0.1, 0.15) is 12.4 Å². The highest BCUT2D eigenvalue weighted by Gasteiger charge is 2.45. The van der Waals surface area contributed by atoms with E-state index in [9.17, 15) is 28.4 Å². The van der Waals surface area contributed by atoms with Crippen molar-refractivity contribution < 1.29 is 28.4 Å². The average Bonchev–Trinajstić information content (AvgIpc) is 2.95. The van der Waals surface area contributed by atoms with E-state index in [1.165, 1.54) is 17.9 Å². The molecule has 10 heteroatoms. The van der Waals surface area contributed by atoms with Gasteiger partial charge in [-0.05, 0) is 31.5 Å². The fourth-order valence-electron chi connectivity index (χ4n) is 3.62. The van der Waals surface area contributed by atoms with Crippen LogP contribution >= 0.6 is 0 Å². The van der Waals surface area contributed by atoms with Gasteiger partial charge in [-0.25, -0.2) is 14.1 Å². The first-order valence-electron chi connectivity index (χ1n) is 10.2. The second-order valence-corrected chi connectivity index (χ2v) is 7.57.